The van der Waals surface area contributed by atoms with Crippen LogP contribution in [0.2, 0.25) is 0 Å². The summed E-state index contributed by atoms with van der Waals surface area (Å²) in [7, 11) is 0. The van der Waals surface area contributed by atoms with Gasteiger partial charge in [-0.3, -0.25) is 14.3 Å². The number of nitrogens with zero attached hydrogens (tertiary/aromatic N) is 3. The van der Waals surface area contributed by atoms with Crippen LogP contribution < -0.4 is 11.3 Å². The van der Waals surface area contributed by atoms with E-state index in [0.29, 0.717) is 0 Å². The van der Waals surface area contributed by atoms with Crippen LogP contribution in [0.5, 0.6) is 0 Å². The maximum atomic E-state index is 11.7. The van der Waals surface area contributed by atoms with Crippen molar-refractivity contribution in [2.45, 2.75) is 42.9 Å². The monoisotopic (exact) mass is 451 g/mol. The molecule has 0 spiro atoms. The Labute approximate surface area is 173 Å². The zero-order chi connectivity index (χ0) is 22.6. The number of nitrogen functional groups attached to an aromatic ring is 1. The molecule has 2 aromatic heterocycles. The van der Waals surface area contributed by atoms with E-state index in [0.717, 1.165) is 0 Å². The first-order valence-electron chi connectivity index (χ1n) is 8.61. The maximum absolute atomic E-state index is 11.7. The van der Waals surface area contributed by atoms with Crippen molar-refractivity contribution in [3.8, 4) is 0 Å². The Bertz CT molecular complexity index is 905. The first-order chi connectivity index (χ1) is 14.2. The van der Waals surface area contributed by atoms with Crippen molar-refractivity contribution in [2.24, 2.45) is 0 Å². The Kier molecular flexibility index (Phi) is 9.56. The number of ether oxygens (including phenoxy) is 1. The molecule has 0 aromatic carbocycles. The average molecular weight is 451 g/mol. The van der Waals surface area contributed by atoms with E-state index < -0.39 is 61.6 Å². The number of hydrogen-bond acceptors (Lipinski definition) is 13. The molecular formula is C15H25N5O11. The van der Waals surface area contributed by atoms with Crippen LogP contribution in [0.4, 0.5) is 5.95 Å². The fourth-order valence-electron chi connectivity index (χ4n) is 2.66. The van der Waals surface area contributed by atoms with Crippen LogP contribution in [0.3, 0.4) is 0 Å². The van der Waals surface area contributed by atoms with Gasteiger partial charge in [0.1, 0.15) is 36.6 Å². The highest BCUT2D eigenvalue weighted by molar-refractivity contribution is 5.70. The van der Waals surface area contributed by atoms with Gasteiger partial charge in [-0.15, -0.1) is 0 Å². The van der Waals surface area contributed by atoms with Crippen LogP contribution in [0.25, 0.3) is 11.2 Å². The van der Waals surface area contributed by atoms with E-state index in [1.807, 2.05) is 0 Å². The van der Waals surface area contributed by atoms with Crippen LogP contribution in [-0.2, 0) is 9.53 Å². The zero-order valence-electron chi connectivity index (χ0n) is 15.9. The number of aliphatic hydroxyl groups excluding tert-OH is 7. The summed E-state index contributed by atoms with van der Waals surface area (Å²) in [6.45, 7) is -1.14. The number of fused-ring (bicyclic) bond motifs is 1. The van der Waals surface area contributed by atoms with Crippen molar-refractivity contribution in [1.29, 1.82) is 0 Å². The summed E-state index contributed by atoms with van der Waals surface area (Å²) in [4.78, 5) is 31.5. The number of anilines is 1. The number of aliphatic hydroxyl groups is 7. The Balaban J connectivity index is 0.000000376. The molecule has 0 radical (unpaired) electrons. The molecule has 16 nitrogen and oxygen atoms in total. The SMILES string of the molecule is Nc1nc2c(ncn2[C@@H]2O[C@H](CO)[C@@H](O)[C@H]2O)c(=O)[nH]1.O.O=CC(O)C(O)C(O)CO. The van der Waals surface area contributed by atoms with E-state index in [4.69, 9.17) is 36.0 Å². The second kappa shape index (κ2) is 11.2. The molecule has 1 saturated heterocycles. The number of nitrogens with two attached hydrogens (primary N) is 1. The molecule has 7 atom stereocenters. The summed E-state index contributed by atoms with van der Waals surface area (Å²) < 4.78 is 6.64. The molecule has 0 aliphatic carbocycles. The van der Waals surface area contributed by atoms with Crippen LogP contribution in [-0.4, -0.2) is 117 Å². The molecule has 0 bridgehead atoms. The molecule has 3 rings (SSSR count). The molecule has 3 heterocycles. The highest BCUT2D eigenvalue weighted by Gasteiger charge is 2.44. The van der Waals surface area contributed by atoms with E-state index in [1.165, 1.54) is 10.9 Å². The summed E-state index contributed by atoms with van der Waals surface area (Å²) in [5, 5.41) is 62.8. The Morgan fingerprint density at radius 3 is 2.42 bits per heavy atom. The fraction of sp³-hybridized carbons (Fsp3) is 0.600. The van der Waals surface area contributed by atoms with Crippen LogP contribution >= 0.6 is 0 Å². The molecular weight excluding hydrogens is 426 g/mol. The van der Waals surface area contributed by atoms with Gasteiger partial charge in [0.05, 0.1) is 19.5 Å². The second-order valence-electron chi connectivity index (χ2n) is 6.37. The number of aromatic amines is 1. The Morgan fingerprint density at radius 1 is 1.26 bits per heavy atom. The predicted octanol–water partition coefficient (Wildman–Crippen LogP) is -6.25. The van der Waals surface area contributed by atoms with Gasteiger partial charge in [-0.05, 0) is 0 Å². The van der Waals surface area contributed by atoms with Crippen LogP contribution in [0.15, 0.2) is 11.1 Å². The third-order valence-electron chi connectivity index (χ3n) is 4.31. The van der Waals surface area contributed by atoms with E-state index in [9.17, 15) is 19.8 Å². The zero-order valence-corrected chi connectivity index (χ0v) is 15.9. The van der Waals surface area contributed by atoms with Crippen molar-refractivity contribution < 1.29 is 50.8 Å². The lowest BCUT2D eigenvalue weighted by atomic mass is 10.1. The summed E-state index contributed by atoms with van der Waals surface area (Å²) in [5.41, 5.74) is 5.12. The smallest absolute Gasteiger partial charge is 0.280 e. The molecule has 1 aliphatic heterocycles. The van der Waals surface area contributed by atoms with Gasteiger partial charge in [0.2, 0.25) is 5.95 Å². The number of carbonyl (C=O) groups excluding carboxylic acids is 1. The second-order valence-corrected chi connectivity index (χ2v) is 6.37. The third-order valence-corrected chi connectivity index (χ3v) is 4.31. The van der Waals surface area contributed by atoms with Gasteiger partial charge in [0.25, 0.3) is 5.56 Å². The lowest BCUT2D eigenvalue weighted by Crippen LogP contribution is -2.40. The van der Waals surface area contributed by atoms with Crippen LogP contribution in [0.1, 0.15) is 6.23 Å². The maximum Gasteiger partial charge on any atom is 0.280 e. The third kappa shape index (κ3) is 5.58. The number of rotatable bonds is 6. The summed E-state index contributed by atoms with van der Waals surface area (Å²) >= 11 is 0. The Hall–Kier alpha value is -2.54. The minimum absolute atomic E-state index is 0. The number of carbonyl (C=O) groups is 1. The van der Waals surface area contributed by atoms with Gasteiger partial charge in [-0.2, -0.15) is 4.98 Å². The molecule has 2 aromatic rings. The molecule has 1 aliphatic rings. The molecule has 3 unspecified atom stereocenters. The van der Waals surface area contributed by atoms with Crippen LogP contribution in [0, 0.1) is 0 Å². The standard InChI is InChI=1S/C10H13N5O5.C5H10O5.H2O/c11-10-13-7-4(8(19)14-10)12-2-15(7)9-6(18)5(17)3(1-16)20-9;6-1-3(8)5(10)4(9)2-7;/h2-3,5-6,9,16-18H,1H2,(H3,11,13,14,19);1,3-5,7-10H,2H2;1H2/t3-,5-,6-,9-;;/m1../s1. The Morgan fingerprint density at radius 2 is 1.90 bits per heavy atom. The number of imidazole rings is 1. The topological polar surface area (TPSA) is 289 Å². The summed E-state index contributed by atoms with van der Waals surface area (Å²) in [6, 6.07) is 0. The van der Waals surface area contributed by atoms with Crippen molar-refractivity contribution >= 4 is 23.4 Å². The molecule has 31 heavy (non-hydrogen) atoms. The minimum Gasteiger partial charge on any atom is -0.412 e. The van der Waals surface area contributed by atoms with Gasteiger partial charge in [0, 0.05) is 0 Å². The highest BCUT2D eigenvalue weighted by atomic mass is 16.6. The number of H-pyrrole nitrogens is 1. The highest BCUT2D eigenvalue weighted by Crippen LogP contribution is 2.30. The largest absolute Gasteiger partial charge is 0.412 e. The van der Waals surface area contributed by atoms with Gasteiger partial charge < -0.3 is 56.5 Å². The predicted molar refractivity (Wildman–Crippen MR) is 100 cm³/mol. The minimum atomic E-state index is -1.64. The summed E-state index contributed by atoms with van der Waals surface area (Å²) in [5.74, 6) is -0.101. The van der Waals surface area contributed by atoms with Crippen molar-refractivity contribution in [3.05, 3.63) is 16.7 Å². The molecule has 12 N–H and O–H groups in total. The summed E-state index contributed by atoms with van der Waals surface area (Å²) in [6.07, 6.45) is -7.85. The number of hydrogen-bond donors (Lipinski definition) is 9. The average Bonchev–Trinajstić information content (AvgIpc) is 3.27. The molecule has 0 saturated carbocycles. The van der Waals surface area contributed by atoms with Crippen molar-refractivity contribution in [1.82, 2.24) is 19.5 Å². The van der Waals surface area contributed by atoms with E-state index in [2.05, 4.69) is 15.0 Å². The van der Waals surface area contributed by atoms with Gasteiger partial charge >= 0.3 is 0 Å². The van der Waals surface area contributed by atoms with Crippen molar-refractivity contribution in [3.63, 3.8) is 0 Å². The number of nitrogens with one attached hydrogen (secondary N) is 1. The molecule has 1 fully saturated rings. The quantitative estimate of drug-likeness (QED) is 0.185. The van der Waals surface area contributed by atoms with E-state index >= 15 is 0 Å². The van der Waals surface area contributed by atoms with E-state index in [1.54, 1.807) is 0 Å². The van der Waals surface area contributed by atoms with Crippen molar-refractivity contribution in [2.75, 3.05) is 18.9 Å². The first kappa shape index (κ1) is 26.5. The lowest BCUT2D eigenvalue weighted by molar-refractivity contribution is -0.127. The number of aromatic nitrogens is 4. The lowest BCUT2D eigenvalue weighted by Gasteiger charge is -2.16. The molecule has 0 amide bonds. The van der Waals surface area contributed by atoms with Gasteiger partial charge in [-0.25, -0.2) is 4.98 Å². The molecule has 16 heteroatoms. The molecule has 176 valence electrons. The van der Waals surface area contributed by atoms with Gasteiger partial charge in [-0.1, -0.05) is 0 Å². The fourth-order valence-corrected chi connectivity index (χ4v) is 2.66. The van der Waals surface area contributed by atoms with E-state index in [-0.39, 0.29) is 28.9 Å². The van der Waals surface area contributed by atoms with Gasteiger partial charge in [0.15, 0.2) is 23.7 Å². The normalized spacial score (nSPS) is 25.8. The number of aldehydes is 1. The first-order valence-corrected chi connectivity index (χ1v) is 8.61.